The van der Waals surface area contributed by atoms with Gasteiger partial charge in [-0.1, -0.05) is 40.5 Å². The molecule has 0 amide bonds. The van der Waals surface area contributed by atoms with Gasteiger partial charge in [0.05, 0.1) is 6.10 Å². The zero-order chi connectivity index (χ0) is 13.1. The number of hydrogen-bond acceptors (Lipinski definition) is 2. The van der Waals surface area contributed by atoms with E-state index in [-0.39, 0.29) is 11.3 Å². The highest BCUT2D eigenvalue weighted by Crippen LogP contribution is 2.42. The second-order valence-corrected chi connectivity index (χ2v) is 6.60. The van der Waals surface area contributed by atoms with Gasteiger partial charge in [-0.05, 0) is 30.6 Å². The van der Waals surface area contributed by atoms with Gasteiger partial charge in [0, 0.05) is 12.3 Å². The molecule has 1 N–H and O–H groups in total. The van der Waals surface area contributed by atoms with E-state index in [2.05, 4.69) is 20.8 Å². The standard InChI is InChI=1S/C15H28O2/c1-5-11(16)10-14(17)12-8-6-7-9-13(12)15(2,3)4/h11-13,16H,5-10H2,1-4H3. The monoisotopic (exact) mass is 240 g/mol. The van der Waals surface area contributed by atoms with Crippen molar-refractivity contribution in [2.45, 2.75) is 72.3 Å². The highest BCUT2D eigenvalue weighted by molar-refractivity contribution is 5.81. The van der Waals surface area contributed by atoms with E-state index in [9.17, 15) is 9.90 Å². The first-order chi connectivity index (χ1) is 7.86. The van der Waals surface area contributed by atoms with E-state index < -0.39 is 6.10 Å². The fourth-order valence-corrected chi connectivity index (χ4v) is 3.08. The molecule has 0 spiro atoms. The van der Waals surface area contributed by atoms with Crippen molar-refractivity contribution >= 4 is 5.78 Å². The SMILES string of the molecule is CCC(O)CC(=O)C1CCCCC1C(C)(C)C. The molecule has 3 atom stereocenters. The lowest BCUT2D eigenvalue weighted by Crippen LogP contribution is -2.36. The summed E-state index contributed by atoms with van der Waals surface area (Å²) in [4.78, 5) is 12.3. The topological polar surface area (TPSA) is 37.3 Å². The minimum Gasteiger partial charge on any atom is -0.393 e. The first-order valence-electron chi connectivity index (χ1n) is 7.07. The van der Waals surface area contributed by atoms with Crippen LogP contribution in [0.2, 0.25) is 0 Å². The van der Waals surface area contributed by atoms with Crippen molar-refractivity contribution in [1.29, 1.82) is 0 Å². The fourth-order valence-electron chi connectivity index (χ4n) is 3.08. The van der Waals surface area contributed by atoms with Crippen LogP contribution in [0.5, 0.6) is 0 Å². The van der Waals surface area contributed by atoms with E-state index in [1.54, 1.807) is 0 Å². The number of aliphatic hydroxyl groups is 1. The maximum absolute atomic E-state index is 12.3. The molecule has 0 aromatic heterocycles. The zero-order valence-corrected chi connectivity index (χ0v) is 11.8. The van der Waals surface area contributed by atoms with E-state index >= 15 is 0 Å². The van der Waals surface area contributed by atoms with E-state index in [0.717, 1.165) is 6.42 Å². The molecule has 17 heavy (non-hydrogen) atoms. The number of rotatable bonds is 4. The number of hydrogen-bond donors (Lipinski definition) is 1. The summed E-state index contributed by atoms with van der Waals surface area (Å²) in [6.45, 7) is 8.64. The van der Waals surface area contributed by atoms with Gasteiger partial charge in [0.15, 0.2) is 0 Å². The first kappa shape index (κ1) is 14.7. The minimum absolute atomic E-state index is 0.185. The minimum atomic E-state index is -0.440. The third kappa shape index (κ3) is 4.09. The Labute approximate surface area is 106 Å². The number of carbonyl (C=O) groups excluding carboxylic acids is 1. The number of aliphatic hydroxyl groups excluding tert-OH is 1. The molecule has 1 saturated carbocycles. The molecular formula is C15H28O2. The Morgan fingerprint density at radius 3 is 2.41 bits per heavy atom. The zero-order valence-electron chi connectivity index (χ0n) is 11.8. The van der Waals surface area contributed by atoms with Crippen molar-refractivity contribution in [3.63, 3.8) is 0 Å². The van der Waals surface area contributed by atoms with Crippen LogP contribution in [0.15, 0.2) is 0 Å². The molecule has 0 saturated heterocycles. The molecule has 2 nitrogen and oxygen atoms in total. The second-order valence-electron chi connectivity index (χ2n) is 6.60. The molecule has 1 aliphatic carbocycles. The molecule has 3 unspecified atom stereocenters. The molecule has 100 valence electrons. The van der Waals surface area contributed by atoms with Crippen LogP contribution < -0.4 is 0 Å². The van der Waals surface area contributed by atoms with Crippen LogP contribution in [0.25, 0.3) is 0 Å². The Balaban J connectivity index is 2.68. The lowest BCUT2D eigenvalue weighted by atomic mass is 9.64. The Morgan fingerprint density at radius 2 is 1.88 bits per heavy atom. The molecule has 0 heterocycles. The summed E-state index contributed by atoms with van der Waals surface area (Å²) in [5.41, 5.74) is 0.206. The smallest absolute Gasteiger partial charge is 0.138 e. The van der Waals surface area contributed by atoms with Crippen LogP contribution >= 0.6 is 0 Å². The third-order valence-electron chi connectivity index (χ3n) is 4.20. The molecule has 1 rings (SSSR count). The number of Topliss-reactive ketones (excluding diaryl/α,β-unsaturated/α-hetero) is 1. The van der Waals surface area contributed by atoms with Crippen molar-refractivity contribution in [3.8, 4) is 0 Å². The molecule has 1 aliphatic rings. The quantitative estimate of drug-likeness (QED) is 0.815. The highest BCUT2D eigenvalue weighted by atomic mass is 16.3. The summed E-state index contributed by atoms with van der Waals surface area (Å²) >= 11 is 0. The van der Waals surface area contributed by atoms with Gasteiger partial charge in [-0.2, -0.15) is 0 Å². The van der Waals surface area contributed by atoms with E-state index in [1.165, 1.54) is 19.3 Å². The molecule has 0 aliphatic heterocycles. The van der Waals surface area contributed by atoms with Gasteiger partial charge < -0.3 is 5.11 Å². The van der Waals surface area contributed by atoms with Crippen LogP contribution in [0, 0.1) is 17.3 Å². The highest BCUT2D eigenvalue weighted by Gasteiger charge is 2.37. The molecule has 0 aromatic carbocycles. The average Bonchev–Trinajstić information content (AvgIpc) is 2.27. The van der Waals surface area contributed by atoms with Crippen molar-refractivity contribution < 1.29 is 9.90 Å². The molecule has 0 bridgehead atoms. The summed E-state index contributed by atoms with van der Waals surface area (Å²) in [7, 11) is 0. The van der Waals surface area contributed by atoms with Gasteiger partial charge in [0.2, 0.25) is 0 Å². The van der Waals surface area contributed by atoms with Gasteiger partial charge in [0.1, 0.15) is 5.78 Å². The lowest BCUT2D eigenvalue weighted by molar-refractivity contribution is -0.129. The Kier molecular flexibility index (Phi) is 5.18. The summed E-state index contributed by atoms with van der Waals surface area (Å²) in [5, 5.41) is 9.63. The van der Waals surface area contributed by atoms with Crippen molar-refractivity contribution in [2.24, 2.45) is 17.3 Å². The molecule has 0 aromatic rings. The van der Waals surface area contributed by atoms with Gasteiger partial charge in [-0.3, -0.25) is 4.79 Å². The normalized spacial score (nSPS) is 27.8. The average molecular weight is 240 g/mol. The van der Waals surface area contributed by atoms with Gasteiger partial charge in [-0.25, -0.2) is 0 Å². The van der Waals surface area contributed by atoms with E-state index in [0.29, 0.717) is 24.5 Å². The summed E-state index contributed by atoms with van der Waals surface area (Å²) in [6.07, 6.45) is 5.21. The van der Waals surface area contributed by atoms with Gasteiger partial charge in [0.25, 0.3) is 0 Å². The van der Waals surface area contributed by atoms with E-state index in [4.69, 9.17) is 0 Å². The predicted molar refractivity (Wildman–Crippen MR) is 70.8 cm³/mol. The summed E-state index contributed by atoms with van der Waals surface area (Å²) < 4.78 is 0. The summed E-state index contributed by atoms with van der Waals surface area (Å²) in [6, 6.07) is 0. The maximum Gasteiger partial charge on any atom is 0.138 e. The molecule has 0 radical (unpaired) electrons. The fraction of sp³-hybridized carbons (Fsp3) is 0.933. The second kappa shape index (κ2) is 5.99. The summed E-state index contributed by atoms with van der Waals surface area (Å²) in [5.74, 6) is 0.969. The lowest BCUT2D eigenvalue weighted by Gasteiger charge is -2.40. The van der Waals surface area contributed by atoms with Crippen molar-refractivity contribution in [1.82, 2.24) is 0 Å². The molecule has 2 heteroatoms. The van der Waals surface area contributed by atoms with Crippen molar-refractivity contribution in [3.05, 3.63) is 0 Å². The van der Waals surface area contributed by atoms with Gasteiger partial charge in [-0.15, -0.1) is 0 Å². The molecule has 1 fully saturated rings. The third-order valence-corrected chi connectivity index (χ3v) is 4.20. The van der Waals surface area contributed by atoms with Gasteiger partial charge >= 0.3 is 0 Å². The molecular weight excluding hydrogens is 212 g/mol. The first-order valence-corrected chi connectivity index (χ1v) is 7.07. The van der Waals surface area contributed by atoms with Crippen LogP contribution in [-0.2, 0) is 4.79 Å². The largest absolute Gasteiger partial charge is 0.393 e. The van der Waals surface area contributed by atoms with Crippen LogP contribution in [-0.4, -0.2) is 17.0 Å². The van der Waals surface area contributed by atoms with Crippen molar-refractivity contribution in [2.75, 3.05) is 0 Å². The van der Waals surface area contributed by atoms with Crippen LogP contribution in [0.4, 0.5) is 0 Å². The Bertz CT molecular complexity index is 252. The number of ketones is 1. The Hall–Kier alpha value is -0.370. The van der Waals surface area contributed by atoms with Crippen LogP contribution in [0.3, 0.4) is 0 Å². The number of carbonyl (C=O) groups is 1. The maximum atomic E-state index is 12.3. The van der Waals surface area contributed by atoms with Crippen LogP contribution in [0.1, 0.15) is 66.2 Å². The Morgan fingerprint density at radius 1 is 1.29 bits per heavy atom. The predicted octanol–water partition coefficient (Wildman–Crippen LogP) is 3.57. The van der Waals surface area contributed by atoms with E-state index in [1.807, 2.05) is 6.92 Å².